The van der Waals surface area contributed by atoms with Crippen molar-refractivity contribution < 1.29 is 9.26 Å². The molecule has 0 aliphatic heterocycles. The van der Waals surface area contributed by atoms with Crippen LogP contribution in [0, 0.1) is 13.8 Å². The maximum Gasteiger partial charge on any atom is 0.196 e. The fraction of sp³-hybridized carbons (Fsp3) is 0.227. The van der Waals surface area contributed by atoms with Crippen LogP contribution < -0.4 is 4.74 Å². The van der Waals surface area contributed by atoms with Gasteiger partial charge in [0.1, 0.15) is 11.5 Å². The number of aryl methyl sites for hydroxylation is 2. The largest absolute Gasteiger partial charge is 0.494 e. The third-order valence-electron chi connectivity index (χ3n) is 4.65. The SMILES string of the molecule is CCOc1ccc(-n2c(SCc3c(C)noc3C)nnc2-c2cccc(Cl)c2)cc1. The lowest BCUT2D eigenvalue weighted by molar-refractivity contribution is 0.340. The number of ether oxygens (including phenoxy) is 1. The van der Waals surface area contributed by atoms with E-state index < -0.39 is 0 Å². The van der Waals surface area contributed by atoms with E-state index in [1.165, 1.54) is 0 Å². The third-order valence-corrected chi connectivity index (χ3v) is 5.84. The summed E-state index contributed by atoms with van der Waals surface area (Å²) in [6, 6.07) is 15.5. The Kier molecular flexibility index (Phi) is 6.11. The van der Waals surface area contributed by atoms with Crippen molar-refractivity contribution in [2.45, 2.75) is 31.7 Å². The average molecular weight is 441 g/mol. The van der Waals surface area contributed by atoms with Gasteiger partial charge in [-0.3, -0.25) is 4.57 Å². The molecule has 30 heavy (non-hydrogen) atoms. The standard InChI is InChI=1S/C22H21ClN4O2S/c1-4-28-19-10-8-18(9-11-19)27-21(16-6-5-7-17(23)12-16)24-25-22(27)30-13-20-14(2)26-29-15(20)3/h5-12H,4,13H2,1-3H3. The number of aromatic nitrogens is 4. The van der Waals surface area contributed by atoms with E-state index in [0.717, 1.165) is 45.0 Å². The first kappa shape index (κ1) is 20.5. The summed E-state index contributed by atoms with van der Waals surface area (Å²) in [6.07, 6.45) is 0. The van der Waals surface area contributed by atoms with Gasteiger partial charge in [0.05, 0.1) is 12.3 Å². The van der Waals surface area contributed by atoms with Crippen molar-refractivity contribution in [3.63, 3.8) is 0 Å². The summed E-state index contributed by atoms with van der Waals surface area (Å²) in [6.45, 7) is 6.46. The monoisotopic (exact) mass is 440 g/mol. The molecule has 0 amide bonds. The number of halogens is 1. The summed E-state index contributed by atoms with van der Waals surface area (Å²) in [7, 11) is 0. The molecule has 4 aromatic rings. The third kappa shape index (κ3) is 4.22. The number of nitrogens with zero attached hydrogens (tertiary/aromatic N) is 4. The van der Waals surface area contributed by atoms with Gasteiger partial charge >= 0.3 is 0 Å². The molecule has 2 aromatic carbocycles. The van der Waals surface area contributed by atoms with E-state index in [2.05, 4.69) is 15.4 Å². The van der Waals surface area contributed by atoms with Crippen LogP contribution >= 0.6 is 23.4 Å². The van der Waals surface area contributed by atoms with Crippen molar-refractivity contribution in [3.8, 4) is 22.8 Å². The molecule has 0 saturated heterocycles. The molecule has 0 spiro atoms. The quantitative estimate of drug-likeness (QED) is 0.334. The number of hydrogen-bond donors (Lipinski definition) is 0. The Bertz CT molecular complexity index is 1130. The highest BCUT2D eigenvalue weighted by Crippen LogP contribution is 2.32. The van der Waals surface area contributed by atoms with E-state index in [4.69, 9.17) is 20.9 Å². The molecule has 4 rings (SSSR count). The number of thioether (sulfide) groups is 1. The molecule has 0 fully saturated rings. The Morgan fingerprint density at radius 3 is 2.57 bits per heavy atom. The predicted molar refractivity (Wildman–Crippen MR) is 119 cm³/mol. The second kappa shape index (κ2) is 8.93. The molecule has 0 atom stereocenters. The lowest BCUT2D eigenvalue weighted by Gasteiger charge is -2.11. The summed E-state index contributed by atoms with van der Waals surface area (Å²) in [4.78, 5) is 0. The average Bonchev–Trinajstić information content (AvgIpc) is 3.30. The Morgan fingerprint density at radius 1 is 1.10 bits per heavy atom. The smallest absolute Gasteiger partial charge is 0.196 e. The van der Waals surface area contributed by atoms with Gasteiger partial charge in [-0.25, -0.2) is 0 Å². The summed E-state index contributed by atoms with van der Waals surface area (Å²) >= 11 is 7.81. The zero-order valence-corrected chi connectivity index (χ0v) is 18.5. The number of rotatable bonds is 7. The van der Waals surface area contributed by atoms with Crippen molar-refractivity contribution in [1.29, 1.82) is 0 Å². The molecule has 6 nitrogen and oxygen atoms in total. The first-order chi connectivity index (χ1) is 14.6. The highest BCUT2D eigenvalue weighted by atomic mass is 35.5. The van der Waals surface area contributed by atoms with E-state index in [-0.39, 0.29) is 0 Å². The minimum Gasteiger partial charge on any atom is -0.494 e. The highest BCUT2D eigenvalue weighted by molar-refractivity contribution is 7.98. The van der Waals surface area contributed by atoms with Crippen LogP contribution in [0.1, 0.15) is 23.9 Å². The minimum atomic E-state index is 0.623. The Labute approximate surface area is 184 Å². The van der Waals surface area contributed by atoms with Crippen molar-refractivity contribution in [2.75, 3.05) is 6.61 Å². The van der Waals surface area contributed by atoms with Gasteiger partial charge in [0.15, 0.2) is 11.0 Å². The van der Waals surface area contributed by atoms with E-state index in [0.29, 0.717) is 17.4 Å². The predicted octanol–water partition coefficient (Wildman–Crippen LogP) is 5.88. The maximum atomic E-state index is 6.22. The van der Waals surface area contributed by atoms with Gasteiger partial charge < -0.3 is 9.26 Å². The summed E-state index contributed by atoms with van der Waals surface area (Å²) in [5.74, 6) is 3.06. The minimum absolute atomic E-state index is 0.623. The van der Waals surface area contributed by atoms with Crippen LogP contribution in [0.15, 0.2) is 58.2 Å². The van der Waals surface area contributed by atoms with E-state index in [1.54, 1.807) is 11.8 Å². The molecule has 2 heterocycles. The van der Waals surface area contributed by atoms with Gasteiger partial charge in [-0.2, -0.15) is 0 Å². The van der Waals surface area contributed by atoms with Crippen LogP contribution in [0.25, 0.3) is 17.1 Å². The summed E-state index contributed by atoms with van der Waals surface area (Å²) in [5, 5.41) is 14.4. The molecule has 8 heteroatoms. The molecule has 0 aliphatic rings. The molecule has 0 saturated carbocycles. The van der Waals surface area contributed by atoms with Gasteiger partial charge in [-0.05, 0) is 57.2 Å². The van der Waals surface area contributed by atoms with Gasteiger partial charge in [-0.1, -0.05) is 40.7 Å². The zero-order valence-electron chi connectivity index (χ0n) is 16.9. The molecule has 154 valence electrons. The fourth-order valence-corrected chi connectivity index (χ4v) is 4.41. The molecular weight excluding hydrogens is 420 g/mol. The van der Waals surface area contributed by atoms with E-state index in [9.17, 15) is 0 Å². The molecule has 0 aliphatic carbocycles. The van der Waals surface area contributed by atoms with Crippen LogP contribution in [-0.4, -0.2) is 26.5 Å². The Balaban J connectivity index is 1.74. The van der Waals surface area contributed by atoms with Crippen LogP contribution in [-0.2, 0) is 5.75 Å². The van der Waals surface area contributed by atoms with Crippen LogP contribution in [0.5, 0.6) is 5.75 Å². The van der Waals surface area contributed by atoms with Crippen molar-refractivity contribution >= 4 is 23.4 Å². The Hall–Kier alpha value is -2.77. The highest BCUT2D eigenvalue weighted by Gasteiger charge is 2.18. The maximum absolute atomic E-state index is 6.22. The number of hydrogen-bond acceptors (Lipinski definition) is 6. The van der Waals surface area contributed by atoms with Crippen molar-refractivity contribution in [2.24, 2.45) is 0 Å². The van der Waals surface area contributed by atoms with Crippen LogP contribution in [0.4, 0.5) is 0 Å². The van der Waals surface area contributed by atoms with Gasteiger partial charge in [0, 0.05) is 27.6 Å². The first-order valence-electron chi connectivity index (χ1n) is 9.56. The zero-order chi connectivity index (χ0) is 21.1. The fourth-order valence-electron chi connectivity index (χ4n) is 3.11. The lowest BCUT2D eigenvalue weighted by atomic mass is 10.2. The second-order valence-electron chi connectivity index (χ2n) is 6.67. The number of benzene rings is 2. The second-order valence-corrected chi connectivity index (χ2v) is 8.05. The molecule has 0 unspecified atom stereocenters. The van der Waals surface area contributed by atoms with Crippen LogP contribution in [0.3, 0.4) is 0 Å². The van der Waals surface area contributed by atoms with Gasteiger partial charge in [0.2, 0.25) is 0 Å². The lowest BCUT2D eigenvalue weighted by Crippen LogP contribution is -2.00. The molecule has 0 radical (unpaired) electrons. The summed E-state index contributed by atoms with van der Waals surface area (Å²) in [5.41, 5.74) is 3.81. The molecule has 0 N–H and O–H groups in total. The van der Waals surface area contributed by atoms with E-state index >= 15 is 0 Å². The first-order valence-corrected chi connectivity index (χ1v) is 10.9. The van der Waals surface area contributed by atoms with Gasteiger partial charge in [0.25, 0.3) is 0 Å². The summed E-state index contributed by atoms with van der Waals surface area (Å²) < 4.78 is 12.9. The normalized spacial score (nSPS) is 11.1. The van der Waals surface area contributed by atoms with E-state index in [1.807, 2.05) is 73.9 Å². The van der Waals surface area contributed by atoms with Crippen LogP contribution in [0.2, 0.25) is 5.02 Å². The van der Waals surface area contributed by atoms with Gasteiger partial charge in [-0.15, -0.1) is 10.2 Å². The molecule has 0 bridgehead atoms. The molecule has 2 aromatic heterocycles. The topological polar surface area (TPSA) is 66.0 Å². The van der Waals surface area contributed by atoms with Crippen molar-refractivity contribution in [1.82, 2.24) is 19.9 Å². The molecular formula is C22H21ClN4O2S. The van der Waals surface area contributed by atoms with Crippen molar-refractivity contribution in [3.05, 3.63) is 70.6 Å². The Morgan fingerprint density at radius 2 is 1.90 bits per heavy atom.